The molecule has 1 aliphatic rings. The topological polar surface area (TPSA) is 67.2 Å². The first kappa shape index (κ1) is 17.9. The van der Waals surface area contributed by atoms with Crippen molar-refractivity contribution in [1.29, 1.82) is 0 Å². The SMILES string of the molecule is Cc1nc(N2CCN(C(=O)c3cccc(I)c3)CC2)cc(-n2ccnc2)n1. The fourth-order valence-corrected chi connectivity index (χ4v) is 3.71. The van der Waals surface area contributed by atoms with Gasteiger partial charge in [0.05, 0.1) is 0 Å². The van der Waals surface area contributed by atoms with Crippen molar-refractivity contribution < 1.29 is 4.79 Å². The molecule has 3 heterocycles. The number of carbonyl (C=O) groups is 1. The smallest absolute Gasteiger partial charge is 0.254 e. The molecule has 138 valence electrons. The molecule has 0 aliphatic carbocycles. The van der Waals surface area contributed by atoms with Gasteiger partial charge >= 0.3 is 0 Å². The molecule has 1 aliphatic heterocycles. The van der Waals surface area contributed by atoms with Crippen LogP contribution in [0.1, 0.15) is 16.2 Å². The van der Waals surface area contributed by atoms with Crippen molar-refractivity contribution in [3.05, 3.63) is 64.0 Å². The summed E-state index contributed by atoms with van der Waals surface area (Å²) in [4.78, 5) is 30.0. The monoisotopic (exact) mass is 474 g/mol. The lowest BCUT2D eigenvalue weighted by Crippen LogP contribution is -2.49. The third-order valence-electron chi connectivity index (χ3n) is 4.54. The Bertz CT molecular complexity index is 951. The lowest BCUT2D eigenvalue weighted by molar-refractivity contribution is 0.0746. The third-order valence-corrected chi connectivity index (χ3v) is 5.21. The predicted molar refractivity (Wildman–Crippen MR) is 111 cm³/mol. The molecule has 0 radical (unpaired) electrons. The minimum absolute atomic E-state index is 0.0890. The number of benzene rings is 1. The molecule has 1 amide bonds. The molecule has 0 bridgehead atoms. The Morgan fingerprint density at radius 1 is 1.07 bits per heavy atom. The van der Waals surface area contributed by atoms with E-state index in [1.165, 1.54) is 0 Å². The first-order valence-corrected chi connectivity index (χ1v) is 9.82. The van der Waals surface area contributed by atoms with E-state index >= 15 is 0 Å². The van der Waals surface area contributed by atoms with Crippen LogP contribution in [-0.2, 0) is 0 Å². The summed E-state index contributed by atoms with van der Waals surface area (Å²) in [7, 11) is 0. The molecule has 0 N–H and O–H groups in total. The summed E-state index contributed by atoms with van der Waals surface area (Å²) in [6.07, 6.45) is 5.32. The number of aryl methyl sites for hydroxylation is 1. The number of anilines is 1. The molecule has 1 fully saturated rings. The number of hydrogen-bond donors (Lipinski definition) is 0. The molecule has 0 unspecified atom stereocenters. The number of amides is 1. The van der Waals surface area contributed by atoms with Crippen molar-refractivity contribution >= 4 is 34.3 Å². The van der Waals surface area contributed by atoms with Crippen LogP contribution in [-0.4, -0.2) is 56.5 Å². The highest BCUT2D eigenvalue weighted by Gasteiger charge is 2.23. The molecule has 0 saturated carbocycles. The van der Waals surface area contributed by atoms with Crippen LogP contribution in [0.5, 0.6) is 0 Å². The average Bonchev–Trinajstić information content (AvgIpc) is 3.22. The van der Waals surface area contributed by atoms with Crippen LogP contribution in [0, 0.1) is 10.5 Å². The zero-order valence-electron chi connectivity index (χ0n) is 14.9. The van der Waals surface area contributed by atoms with Gasteiger partial charge in [-0.05, 0) is 47.7 Å². The number of rotatable bonds is 3. The zero-order chi connectivity index (χ0) is 18.8. The van der Waals surface area contributed by atoms with Gasteiger partial charge in [-0.2, -0.15) is 0 Å². The molecule has 1 saturated heterocycles. The molecule has 27 heavy (non-hydrogen) atoms. The number of halogens is 1. The lowest BCUT2D eigenvalue weighted by atomic mass is 10.2. The van der Waals surface area contributed by atoms with Gasteiger partial charge in [0.15, 0.2) is 0 Å². The highest BCUT2D eigenvalue weighted by molar-refractivity contribution is 14.1. The number of piperazine rings is 1. The molecule has 8 heteroatoms. The summed E-state index contributed by atoms with van der Waals surface area (Å²) < 4.78 is 2.94. The Kier molecular flexibility index (Phi) is 5.06. The maximum absolute atomic E-state index is 12.7. The van der Waals surface area contributed by atoms with Gasteiger partial charge in [0.25, 0.3) is 5.91 Å². The van der Waals surface area contributed by atoms with Crippen LogP contribution in [0.15, 0.2) is 49.1 Å². The second kappa shape index (κ2) is 7.63. The van der Waals surface area contributed by atoms with Crippen LogP contribution >= 0.6 is 22.6 Å². The zero-order valence-corrected chi connectivity index (χ0v) is 17.1. The van der Waals surface area contributed by atoms with Gasteiger partial charge in [0.1, 0.15) is 23.8 Å². The normalized spacial score (nSPS) is 14.4. The van der Waals surface area contributed by atoms with Gasteiger partial charge in [-0.25, -0.2) is 15.0 Å². The van der Waals surface area contributed by atoms with Crippen molar-refractivity contribution in [2.75, 3.05) is 31.1 Å². The fraction of sp³-hybridized carbons (Fsp3) is 0.263. The fourth-order valence-electron chi connectivity index (χ4n) is 3.17. The van der Waals surface area contributed by atoms with Crippen LogP contribution in [0.3, 0.4) is 0 Å². The molecule has 0 spiro atoms. The number of carbonyl (C=O) groups excluding carboxylic acids is 1. The van der Waals surface area contributed by atoms with Crippen LogP contribution in [0.25, 0.3) is 5.82 Å². The van der Waals surface area contributed by atoms with Gasteiger partial charge < -0.3 is 9.80 Å². The minimum Gasteiger partial charge on any atom is -0.353 e. The Hall–Kier alpha value is -2.49. The molecule has 4 rings (SSSR count). The van der Waals surface area contributed by atoms with Gasteiger partial charge in [0, 0.05) is 53.8 Å². The number of aromatic nitrogens is 4. The maximum atomic E-state index is 12.7. The van der Waals surface area contributed by atoms with Crippen LogP contribution < -0.4 is 4.90 Å². The Labute approximate surface area is 171 Å². The molecule has 3 aromatic rings. The summed E-state index contributed by atoms with van der Waals surface area (Å²) >= 11 is 2.23. The molecular weight excluding hydrogens is 455 g/mol. The van der Waals surface area contributed by atoms with E-state index in [-0.39, 0.29) is 5.91 Å². The van der Waals surface area contributed by atoms with E-state index in [1.807, 2.05) is 52.9 Å². The van der Waals surface area contributed by atoms with Gasteiger partial charge in [-0.15, -0.1) is 0 Å². The average molecular weight is 474 g/mol. The highest BCUT2D eigenvalue weighted by Crippen LogP contribution is 2.19. The molecule has 7 nitrogen and oxygen atoms in total. The number of nitrogens with zero attached hydrogens (tertiary/aromatic N) is 6. The summed E-state index contributed by atoms with van der Waals surface area (Å²) in [5.41, 5.74) is 0.746. The van der Waals surface area contributed by atoms with Crippen molar-refractivity contribution in [2.45, 2.75) is 6.92 Å². The van der Waals surface area contributed by atoms with Crippen molar-refractivity contribution in [1.82, 2.24) is 24.4 Å². The second-order valence-electron chi connectivity index (χ2n) is 6.39. The van der Waals surface area contributed by atoms with Crippen molar-refractivity contribution in [3.8, 4) is 5.82 Å². The third kappa shape index (κ3) is 3.95. The van der Waals surface area contributed by atoms with E-state index in [4.69, 9.17) is 0 Å². The maximum Gasteiger partial charge on any atom is 0.254 e. The molecule has 2 aromatic heterocycles. The Morgan fingerprint density at radius 3 is 2.56 bits per heavy atom. The second-order valence-corrected chi connectivity index (χ2v) is 7.64. The summed E-state index contributed by atoms with van der Waals surface area (Å²) in [6.45, 7) is 4.73. The van der Waals surface area contributed by atoms with Crippen LogP contribution in [0.2, 0.25) is 0 Å². The van der Waals surface area contributed by atoms with E-state index in [2.05, 4.69) is 42.4 Å². The molecule has 0 atom stereocenters. The van der Waals surface area contributed by atoms with E-state index in [9.17, 15) is 4.79 Å². The highest BCUT2D eigenvalue weighted by atomic mass is 127. The predicted octanol–water partition coefficient (Wildman–Crippen LogP) is 2.54. The first-order valence-electron chi connectivity index (χ1n) is 8.74. The van der Waals surface area contributed by atoms with Crippen molar-refractivity contribution in [2.24, 2.45) is 0 Å². The quantitative estimate of drug-likeness (QED) is 0.546. The van der Waals surface area contributed by atoms with E-state index in [0.29, 0.717) is 18.9 Å². The summed E-state index contributed by atoms with van der Waals surface area (Å²) in [5.74, 6) is 2.49. The number of hydrogen-bond acceptors (Lipinski definition) is 5. The van der Waals surface area contributed by atoms with E-state index in [1.54, 1.807) is 12.5 Å². The molecular formula is C19H19IN6O. The largest absolute Gasteiger partial charge is 0.353 e. The Morgan fingerprint density at radius 2 is 1.85 bits per heavy atom. The van der Waals surface area contributed by atoms with Crippen molar-refractivity contribution in [3.63, 3.8) is 0 Å². The van der Waals surface area contributed by atoms with Gasteiger partial charge in [-0.1, -0.05) is 6.07 Å². The van der Waals surface area contributed by atoms with E-state index in [0.717, 1.165) is 33.9 Å². The lowest BCUT2D eigenvalue weighted by Gasteiger charge is -2.35. The van der Waals surface area contributed by atoms with Gasteiger partial charge in [-0.3, -0.25) is 9.36 Å². The summed E-state index contributed by atoms with van der Waals surface area (Å²) in [6, 6.07) is 9.69. The van der Waals surface area contributed by atoms with E-state index < -0.39 is 0 Å². The van der Waals surface area contributed by atoms with Gasteiger partial charge in [0.2, 0.25) is 0 Å². The number of imidazole rings is 1. The molecule has 1 aromatic carbocycles. The first-order chi connectivity index (χ1) is 13.1. The standard InChI is InChI=1S/C19H19IN6O/c1-14-22-17(12-18(23-14)26-6-5-21-13-26)24-7-9-25(10-8-24)19(27)15-3-2-4-16(20)11-15/h2-6,11-13H,7-10H2,1H3. The Balaban J connectivity index is 1.47. The summed E-state index contributed by atoms with van der Waals surface area (Å²) in [5, 5.41) is 0. The van der Waals surface area contributed by atoms with Crippen LogP contribution in [0.4, 0.5) is 5.82 Å². The minimum atomic E-state index is 0.0890.